The molecule has 0 amide bonds. The number of benzene rings is 1. The summed E-state index contributed by atoms with van der Waals surface area (Å²) in [6.45, 7) is 2.03. The minimum Gasteiger partial charge on any atom is -0.182 e. The summed E-state index contributed by atoms with van der Waals surface area (Å²) >= 11 is 4.49. The van der Waals surface area contributed by atoms with Gasteiger partial charge in [-0.2, -0.15) is 4.36 Å². The molecule has 1 nitrogen and oxygen atoms in total. The van der Waals surface area contributed by atoms with E-state index in [0.717, 1.165) is 5.69 Å². The summed E-state index contributed by atoms with van der Waals surface area (Å²) < 4.78 is 3.60. The van der Waals surface area contributed by atoms with E-state index in [0.29, 0.717) is 0 Å². The number of hydrogen-bond donors (Lipinski definition) is 0. The van der Waals surface area contributed by atoms with Crippen molar-refractivity contribution < 1.29 is 0 Å². The quantitative estimate of drug-likeness (QED) is 0.596. The summed E-state index contributed by atoms with van der Waals surface area (Å²) in [6, 6.07) is 7.79. The molecule has 0 fully saturated rings. The van der Waals surface area contributed by atoms with Gasteiger partial charge in [0.1, 0.15) is 0 Å². The average Bonchev–Trinajstić information content (AvgIpc) is 1.90. The molecule has 0 aliphatic heterocycles. The Kier molecular flexibility index (Phi) is 6.00. The summed E-state index contributed by atoms with van der Waals surface area (Å²) in [5, 5.41) is 0. The van der Waals surface area contributed by atoms with Gasteiger partial charge in [-0.3, -0.25) is 0 Å². The molecular formula is C7H7KNS. The summed E-state index contributed by atoms with van der Waals surface area (Å²) in [5.41, 5.74) is 2.09. The maximum absolute atomic E-state index is 4.49. The van der Waals surface area contributed by atoms with E-state index in [1.807, 2.05) is 31.2 Å². The maximum Gasteiger partial charge on any atom is 0.0769 e. The molecule has 0 atom stereocenters. The van der Waals surface area contributed by atoms with Crippen LogP contribution < -0.4 is 0 Å². The fourth-order valence-electron chi connectivity index (χ4n) is 0.606. The molecule has 1 aromatic carbocycles. The Morgan fingerprint density at radius 1 is 1.20 bits per heavy atom. The zero-order chi connectivity index (χ0) is 6.69. The van der Waals surface area contributed by atoms with E-state index in [4.69, 9.17) is 0 Å². The van der Waals surface area contributed by atoms with Crippen molar-refractivity contribution in [1.29, 1.82) is 0 Å². The molecule has 1 aromatic rings. The Balaban J connectivity index is 0.000000810. The van der Waals surface area contributed by atoms with E-state index >= 15 is 0 Å². The van der Waals surface area contributed by atoms with Gasteiger partial charge < -0.3 is 0 Å². The van der Waals surface area contributed by atoms with Gasteiger partial charge in [0.05, 0.1) is 5.69 Å². The first kappa shape index (κ1) is 10.9. The van der Waals surface area contributed by atoms with Gasteiger partial charge in [0, 0.05) is 63.8 Å². The molecule has 1 rings (SSSR count). The molecule has 0 aromatic heterocycles. The first-order valence-electron chi connectivity index (χ1n) is 2.73. The Bertz CT molecular complexity index is 207. The zero-order valence-electron chi connectivity index (χ0n) is 6.16. The van der Waals surface area contributed by atoms with Crippen LogP contribution in [0, 0.1) is 6.92 Å². The van der Waals surface area contributed by atoms with Gasteiger partial charge in [-0.25, -0.2) is 0 Å². The standard InChI is InChI=1S/C7H7NS.K/c1-6-2-4-7(8-9)5-3-6;/h2-5H,1H3;. The van der Waals surface area contributed by atoms with E-state index in [-0.39, 0.29) is 51.4 Å². The molecule has 0 aliphatic rings. The number of nitrogens with zero attached hydrogens (tertiary/aromatic N) is 1. The fraction of sp³-hybridized carbons (Fsp3) is 0.143. The first-order chi connectivity index (χ1) is 4.33. The summed E-state index contributed by atoms with van der Waals surface area (Å²) in [5.74, 6) is 0. The van der Waals surface area contributed by atoms with Crippen LogP contribution in [0.1, 0.15) is 5.56 Å². The van der Waals surface area contributed by atoms with Crippen LogP contribution in [-0.2, 0) is 12.4 Å². The first-order valence-corrected chi connectivity index (χ1v) is 3.09. The molecule has 0 saturated carbocycles. The van der Waals surface area contributed by atoms with E-state index in [1.165, 1.54) is 5.56 Å². The average molecular weight is 176 g/mol. The molecule has 0 aliphatic carbocycles. The Morgan fingerprint density at radius 3 is 2.10 bits per heavy atom. The molecule has 0 heterocycles. The largest absolute Gasteiger partial charge is 0.182 e. The van der Waals surface area contributed by atoms with Crippen LogP contribution in [0.5, 0.6) is 0 Å². The van der Waals surface area contributed by atoms with Crippen LogP contribution in [0.2, 0.25) is 0 Å². The molecule has 0 bridgehead atoms. The van der Waals surface area contributed by atoms with E-state index in [2.05, 4.69) is 16.8 Å². The van der Waals surface area contributed by atoms with Crippen molar-refractivity contribution in [2.45, 2.75) is 6.92 Å². The SMILES string of the molecule is Cc1ccc(N=S)cc1.[K]. The number of aryl methyl sites for hydroxylation is 1. The van der Waals surface area contributed by atoms with Crippen LogP contribution in [-0.4, -0.2) is 51.4 Å². The summed E-state index contributed by atoms with van der Waals surface area (Å²) in [7, 11) is 0. The second-order valence-electron chi connectivity index (χ2n) is 1.93. The van der Waals surface area contributed by atoms with Crippen LogP contribution >= 0.6 is 0 Å². The van der Waals surface area contributed by atoms with Crippen LogP contribution in [0.3, 0.4) is 0 Å². The third-order valence-electron chi connectivity index (χ3n) is 1.14. The minimum absolute atomic E-state index is 0. The third kappa shape index (κ3) is 3.32. The molecule has 0 saturated heterocycles. The van der Waals surface area contributed by atoms with Crippen LogP contribution in [0.25, 0.3) is 0 Å². The molecule has 1 radical (unpaired) electrons. The van der Waals surface area contributed by atoms with Crippen molar-refractivity contribution in [3.8, 4) is 0 Å². The van der Waals surface area contributed by atoms with E-state index in [9.17, 15) is 0 Å². The normalized spacial score (nSPS) is 8.10. The topological polar surface area (TPSA) is 12.4 Å². The third-order valence-corrected chi connectivity index (χ3v) is 1.35. The molecule has 0 N–H and O–H groups in total. The van der Waals surface area contributed by atoms with Gasteiger partial charge in [-0.05, 0) is 19.1 Å². The Labute approximate surface area is 109 Å². The zero-order valence-corrected chi connectivity index (χ0v) is 10.1. The molecule has 0 unspecified atom stereocenters. The smallest absolute Gasteiger partial charge is 0.0769 e. The molecule has 0 spiro atoms. The van der Waals surface area contributed by atoms with E-state index < -0.39 is 0 Å². The Morgan fingerprint density at radius 2 is 1.70 bits per heavy atom. The predicted molar refractivity (Wildman–Crippen MR) is 46.4 cm³/mol. The van der Waals surface area contributed by atoms with E-state index in [1.54, 1.807) is 0 Å². The van der Waals surface area contributed by atoms with Crippen molar-refractivity contribution in [2.75, 3.05) is 0 Å². The van der Waals surface area contributed by atoms with Crippen molar-refractivity contribution in [3.63, 3.8) is 0 Å². The van der Waals surface area contributed by atoms with Gasteiger partial charge in [0.25, 0.3) is 0 Å². The van der Waals surface area contributed by atoms with Gasteiger partial charge >= 0.3 is 0 Å². The van der Waals surface area contributed by atoms with Gasteiger partial charge in [-0.1, -0.05) is 17.7 Å². The van der Waals surface area contributed by atoms with Crippen molar-refractivity contribution in [3.05, 3.63) is 29.8 Å². The molecular weight excluding hydrogens is 169 g/mol. The minimum atomic E-state index is 0. The Hall–Kier alpha value is 0.876. The number of rotatable bonds is 1. The maximum atomic E-state index is 4.49. The van der Waals surface area contributed by atoms with Gasteiger partial charge in [0.2, 0.25) is 0 Å². The van der Waals surface area contributed by atoms with Crippen LogP contribution in [0.15, 0.2) is 28.6 Å². The summed E-state index contributed by atoms with van der Waals surface area (Å²) in [6.07, 6.45) is 0. The fourth-order valence-corrected chi connectivity index (χ4v) is 0.727. The second-order valence-corrected chi connectivity index (χ2v) is 2.11. The van der Waals surface area contributed by atoms with Crippen LogP contribution in [0.4, 0.5) is 5.69 Å². The van der Waals surface area contributed by atoms with Crippen molar-refractivity contribution in [2.24, 2.45) is 4.36 Å². The second kappa shape index (κ2) is 5.52. The molecule has 10 heavy (non-hydrogen) atoms. The molecule has 3 heteroatoms. The predicted octanol–water partition coefficient (Wildman–Crippen LogP) is 1.98. The van der Waals surface area contributed by atoms with Crippen molar-refractivity contribution in [1.82, 2.24) is 0 Å². The number of hydrogen-bond acceptors (Lipinski definition) is 2. The van der Waals surface area contributed by atoms with Crippen molar-refractivity contribution >= 4 is 69.5 Å². The molecule has 47 valence electrons. The summed E-state index contributed by atoms with van der Waals surface area (Å²) in [4.78, 5) is 0. The van der Waals surface area contributed by atoms with Gasteiger partial charge in [-0.15, -0.1) is 0 Å². The van der Waals surface area contributed by atoms with Gasteiger partial charge in [0.15, 0.2) is 0 Å². The monoisotopic (exact) mass is 176 g/mol.